The third-order valence-electron chi connectivity index (χ3n) is 6.33. The minimum atomic E-state index is 0.137. The van der Waals surface area contributed by atoms with Crippen molar-refractivity contribution < 1.29 is 14.7 Å². The molecule has 28 heavy (non-hydrogen) atoms. The number of benzene rings is 1. The molecule has 5 heteroatoms. The highest BCUT2D eigenvalue weighted by molar-refractivity contribution is 5.96. The number of nitrogens with zero attached hydrogens (tertiary/aromatic N) is 2. The standard InChI is InChI=1S/C23H34N2O3/c1-19-6-8-20(9-7-19)21(27)5-2-13-24-14-3-11-23(17-24)12-10-22(28)25(18-23)15-4-16-26/h6-9,26H,2-5,10-18H2,1H3/t23-/m1/s1. The zero-order chi connectivity index (χ0) is 20.0. The van der Waals surface area contributed by atoms with Crippen LogP contribution in [-0.4, -0.2) is 65.9 Å². The third kappa shape index (κ3) is 5.42. The Hall–Kier alpha value is -1.72. The molecule has 2 aliphatic heterocycles. The van der Waals surface area contributed by atoms with Crippen LogP contribution in [-0.2, 0) is 4.79 Å². The maximum absolute atomic E-state index is 12.4. The topological polar surface area (TPSA) is 60.9 Å². The number of aryl methyl sites for hydroxylation is 1. The van der Waals surface area contributed by atoms with Gasteiger partial charge in [0.1, 0.15) is 0 Å². The van der Waals surface area contributed by atoms with Gasteiger partial charge in [0.05, 0.1) is 0 Å². The SMILES string of the molecule is Cc1ccc(C(=O)CCCN2CCC[C@@]3(CCC(=O)N(CCCO)C3)C2)cc1. The molecule has 1 aromatic rings. The van der Waals surface area contributed by atoms with Gasteiger partial charge in [-0.25, -0.2) is 0 Å². The van der Waals surface area contributed by atoms with E-state index in [-0.39, 0.29) is 23.7 Å². The number of aliphatic hydroxyl groups is 1. The molecule has 2 aliphatic rings. The summed E-state index contributed by atoms with van der Waals surface area (Å²) in [6.45, 7) is 6.72. The number of amides is 1. The van der Waals surface area contributed by atoms with Crippen molar-refractivity contribution in [3.8, 4) is 0 Å². The molecule has 0 saturated carbocycles. The smallest absolute Gasteiger partial charge is 0.222 e. The van der Waals surface area contributed by atoms with Crippen LogP contribution in [0.4, 0.5) is 0 Å². The molecule has 1 atom stereocenters. The van der Waals surface area contributed by atoms with Crippen molar-refractivity contribution >= 4 is 11.7 Å². The third-order valence-corrected chi connectivity index (χ3v) is 6.33. The molecule has 0 bridgehead atoms. The Morgan fingerprint density at radius 1 is 1.11 bits per heavy atom. The average molecular weight is 387 g/mol. The van der Waals surface area contributed by atoms with Gasteiger partial charge < -0.3 is 14.9 Å². The molecule has 1 spiro atoms. The molecule has 154 valence electrons. The van der Waals surface area contributed by atoms with Crippen LogP contribution in [0.25, 0.3) is 0 Å². The number of carbonyl (C=O) groups excluding carboxylic acids is 2. The van der Waals surface area contributed by atoms with Gasteiger partial charge in [-0.3, -0.25) is 9.59 Å². The highest BCUT2D eigenvalue weighted by atomic mass is 16.3. The molecule has 0 aliphatic carbocycles. The molecule has 1 aromatic carbocycles. The van der Waals surface area contributed by atoms with E-state index >= 15 is 0 Å². The number of piperidine rings is 2. The van der Waals surface area contributed by atoms with Gasteiger partial charge in [0.25, 0.3) is 0 Å². The molecule has 1 N–H and O–H groups in total. The summed E-state index contributed by atoms with van der Waals surface area (Å²) in [5.41, 5.74) is 2.18. The predicted molar refractivity (Wildman–Crippen MR) is 110 cm³/mol. The number of hydrogen-bond acceptors (Lipinski definition) is 4. The van der Waals surface area contributed by atoms with Gasteiger partial charge >= 0.3 is 0 Å². The van der Waals surface area contributed by atoms with E-state index in [4.69, 9.17) is 5.11 Å². The Balaban J connectivity index is 1.48. The van der Waals surface area contributed by atoms with E-state index < -0.39 is 0 Å². The van der Waals surface area contributed by atoms with Crippen molar-refractivity contribution in [1.82, 2.24) is 9.80 Å². The number of rotatable bonds is 8. The lowest BCUT2D eigenvalue weighted by atomic mass is 9.73. The summed E-state index contributed by atoms with van der Waals surface area (Å²) in [5, 5.41) is 9.09. The molecule has 0 unspecified atom stereocenters. The Labute approximate surface area is 168 Å². The van der Waals surface area contributed by atoms with E-state index in [1.807, 2.05) is 36.1 Å². The van der Waals surface area contributed by atoms with E-state index in [2.05, 4.69) is 4.90 Å². The summed E-state index contributed by atoms with van der Waals surface area (Å²) >= 11 is 0. The summed E-state index contributed by atoms with van der Waals surface area (Å²) in [7, 11) is 0. The van der Waals surface area contributed by atoms with Gasteiger partial charge in [0.2, 0.25) is 5.91 Å². The first-order chi connectivity index (χ1) is 13.5. The van der Waals surface area contributed by atoms with Gasteiger partial charge in [0.15, 0.2) is 5.78 Å². The number of aliphatic hydroxyl groups excluding tert-OH is 1. The van der Waals surface area contributed by atoms with Crippen molar-refractivity contribution in [3.05, 3.63) is 35.4 Å². The Kier molecular flexibility index (Phi) is 7.24. The lowest BCUT2D eigenvalue weighted by Crippen LogP contribution is -2.54. The van der Waals surface area contributed by atoms with Crippen LogP contribution in [0.1, 0.15) is 60.9 Å². The molecule has 5 nitrogen and oxygen atoms in total. The van der Waals surface area contributed by atoms with E-state index in [1.54, 1.807) is 0 Å². The molecule has 0 aromatic heterocycles. The largest absolute Gasteiger partial charge is 0.396 e. The van der Waals surface area contributed by atoms with E-state index in [0.717, 1.165) is 51.0 Å². The van der Waals surface area contributed by atoms with Gasteiger partial charge in [-0.1, -0.05) is 29.8 Å². The molecule has 2 heterocycles. The number of hydrogen-bond donors (Lipinski definition) is 1. The van der Waals surface area contributed by atoms with Crippen molar-refractivity contribution in [1.29, 1.82) is 0 Å². The maximum Gasteiger partial charge on any atom is 0.222 e. The van der Waals surface area contributed by atoms with Crippen LogP contribution < -0.4 is 0 Å². The molecule has 2 fully saturated rings. The van der Waals surface area contributed by atoms with E-state index in [0.29, 0.717) is 25.8 Å². The summed E-state index contributed by atoms with van der Waals surface area (Å²) in [4.78, 5) is 29.0. The second-order valence-electron chi connectivity index (χ2n) is 8.66. The fraction of sp³-hybridized carbons (Fsp3) is 0.652. The molecular formula is C23H34N2O3. The minimum absolute atomic E-state index is 0.137. The van der Waals surface area contributed by atoms with Gasteiger partial charge in [0, 0.05) is 50.1 Å². The van der Waals surface area contributed by atoms with Crippen molar-refractivity contribution in [2.24, 2.45) is 5.41 Å². The molecule has 2 saturated heterocycles. The second kappa shape index (κ2) is 9.66. The normalized spacial score (nSPS) is 23.4. The Bertz CT molecular complexity index is 673. The van der Waals surface area contributed by atoms with Gasteiger partial charge in [-0.15, -0.1) is 0 Å². The summed E-state index contributed by atoms with van der Waals surface area (Å²) < 4.78 is 0. The number of ketones is 1. The van der Waals surface area contributed by atoms with Gasteiger partial charge in [-0.05, 0) is 52.1 Å². The quantitative estimate of drug-likeness (QED) is 0.698. The lowest BCUT2D eigenvalue weighted by molar-refractivity contribution is -0.139. The number of carbonyl (C=O) groups is 2. The van der Waals surface area contributed by atoms with E-state index in [1.165, 1.54) is 12.0 Å². The zero-order valence-corrected chi connectivity index (χ0v) is 17.2. The number of Topliss-reactive ketones (excluding diaryl/α,β-unsaturated/α-hetero) is 1. The highest BCUT2D eigenvalue weighted by Gasteiger charge is 2.41. The molecule has 3 rings (SSSR count). The molecular weight excluding hydrogens is 352 g/mol. The number of likely N-dealkylation sites (tertiary alicyclic amines) is 2. The van der Waals surface area contributed by atoms with Crippen molar-refractivity contribution in [3.63, 3.8) is 0 Å². The van der Waals surface area contributed by atoms with Crippen molar-refractivity contribution in [2.75, 3.05) is 39.3 Å². The predicted octanol–water partition coefficient (Wildman–Crippen LogP) is 3.04. The fourth-order valence-electron chi connectivity index (χ4n) is 4.75. The molecule has 0 radical (unpaired) electrons. The lowest BCUT2D eigenvalue weighted by Gasteiger charge is -2.48. The fourth-order valence-corrected chi connectivity index (χ4v) is 4.75. The first-order valence-electron chi connectivity index (χ1n) is 10.7. The average Bonchev–Trinajstić information content (AvgIpc) is 2.69. The second-order valence-corrected chi connectivity index (χ2v) is 8.66. The molecule has 1 amide bonds. The van der Waals surface area contributed by atoms with Crippen LogP contribution in [0.3, 0.4) is 0 Å². The maximum atomic E-state index is 12.4. The first-order valence-corrected chi connectivity index (χ1v) is 10.7. The minimum Gasteiger partial charge on any atom is -0.396 e. The van der Waals surface area contributed by atoms with Crippen LogP contribution in [0.15, 0.2) is 24.3 Å². The summed E-state index contributed by atoms with van der Waals surface area (Å²) in [6.07, 6.45) is 6.07. The van der Waals surface area contributed by atoms with Crippen LogP contribution >= 0.6 is 0 Å². The highest BCUT2D eigenvalue weighted by Crippen LogP contribution is 2.39. The summed E-state index contributed by atoms with van der Waals surface area (Å²) in [5.74, 6) is 0.463. The monoisotopic (exact) mass is 386 g/mol. The first kappa shape index (κ1) is 21.0. The Morgan fingerprint density at radius 2 is 1.89 bits per heavy atom. The van der Waals surface area contributed by atoms with Crippen molar-refractivity contribution in [2.45, 2.75) is 51.9 Å². The van der Waals surface area contributed by atoms with Crippen LogP contribution in [0, 0.1) is 12.3 Å². The Morgan fingerprint density at radius 3 is 2.64 bits per heavy atom. The van der Waals surface area contributed by atoms with Crippen LogP contribution in [0.5, 0.6) is 0 Å². The van der Waals surface area contributed by atoms with Gasteiger partial charge in [-0.2, -0.15) is 0 Å². The van der Waals surface area contributed by atoms with E-state index in [9.17, 15) is 9.59 Å². The van der Waals surface area contributed by atoms with Crippen LogP contribution in [0.2, 0.25) is 0 Å². The zero-order valence-electron chi connectivity index (χ0n) is 17.2. The summed E-state index contributed by atoms with van der Waals surface area (Å²) in [6, 6.07) is 7.84.